The highest BCUT2D eigenvalue weighted by Gasteiger charge is 2.63. The number of benzene rings is 2. The van der Waals surface area contributed by atoms with Gasteiger partial charge in [0.1, 0.15) is 6.54 Å². The summed E-state index contributed by atoms with van der Waals surface area (Å²) in [7, 11) is 0. The van der Waals surface area contributed by atoms with Crippen molar-refractivity contribution in [2.75, 3.05) is 13.1 Å². The third kappa shape index (κ3) is 4.03. The van der Waals surface area contributed by atoms with E-state index in [2.05, 4.69) is 10.3 Å². The van der Waals surface area contributed by atoms with Crippen LogP contribution in [-0.4, -0.2) is 51.5 Å². The van der Waals surface area contributed by atoms with Gasteiger partial charge in [-0.25, -0.2) is 9.18 Å². The van der Waals surface area contributed by atoms with E-state index < -0.39 is 51.2 Å². The normalized spacial score (nSPS) is 21.1. The molecule has 0 N–H and O–H groups in total. The van der Waals surface area contributed by atoms with E-state index in [1.807, 2.05) is 6.92 Å². The molecule has 0 bridgehead atoms. The molecule has 40 heavy (non-hydrogen) atoms. The summed E-state index contributed by atoms with van der Waals surface area (Å²) in [5.74, 6) is -1.91. The number of carbonyl (C=O) groups excluding carboxylic acids is 2. The van der Waals surface area contributed by atoms with Crippen LogP contribution in [-0.2, 0) is 32.1 Å². The fourth-order valence-electron chi connectivity index (χ4n) is 5.20. The van der Waals surface area contributed by atoms with Crippen molar-refractivity contribution in [1.29, 1.82) is 0 Å². The van der Waals surface area contributed by atoms with E-state index in [0.717, 1.165) is 17.8 Å². The van der Waals surface area contributed by atoms with Gasteiger partial charge in [0.25, 0.3) is 5.60 Å². The zero-order chi connectivity index (χ0) is 28.6. The van der Waals surface area contributed by atoms with Gasteiger partial charge in [0.2, 0.25) is 5.91 Å². The first-order valence-corrected chi connectivity index (χ1v) is 12.7. The number of aromatic nitrogens is 2. The topological polar surface area (TPSA) is 86.0 Å². The van der Waals surface area contributed by atoms with Crippen molar-refractivity contribution in [2.24, 2.45) is 5.16 Å². The van der Waals surface area contributed by atoms with E-state index in [4.69, 9.17) is 32.8 Å². The summed E-state index contributed by atoms with van der Waals surface area (Å²) in [5.41, 5.74) is -2.94. The predicted molar refractivity (Wildman–Crippen MR) is 133 cm³/mol. The third-order valence-corrected chi connectivity index (χ3v) is 7.85. The number of rotatable bonds is 4. The zero-order valence-electron chi connectivity index (χ0n) is 20.6. The lowest BCUT2D eigenvalue weighted by Crippen LogP contribution is -2.62. The lowest BCUT2D eigenvalue weighted by Gasteiger charge is -2.46. The molecule has 4 heterocycles. The number of likely N-dealkylation sites (tertiary alicyclic amines) is 1. The van der Waals surface area contributed by atoms with Crippen LogP contribution >= 0.6 is 23.2 Å². The van der Waals surface area contributed by atoms with Crippen molar-refractivity contribution in [3.05, 3.63) is 86.4 Å². The van der Waals surface area contributed by atoms with E-state index >= 15 is 0 Å². The minimum atomic E-state index is -4.97. The Kier molecular flexibility index (Phi) is 5.94. The highest BCUT2D eigenvalue weighted by molar-refractivity contribution is 6.35. The number of amides is 1. The second kappa shape index (κ2) is 8.93. The fourth-order valence-corrected chi connectivity index (χ4v) is 5.68. The Balaban J connectivity index is 1.23. The van der Waals surface area contributed by atoms with Gasteiger partial charge in [-0.1, -0.05) is 40.5 Å². The van der Waals surface area contributed by atoms with Crippen LogP contribution in [0.5, 0.6) is 0 Å². The molecule has 1 spiro atoms. The summed E-state index contributed by atoms with van der Waals surface area (Å²) in [6, 6.07) is 7.86. The Morgan fingerprint density at radius 3 is 2.45 bits per heavy atom. The maximum absolute atomic E-state index is 14.3. The first-order chi connectivity index (χ1) is 18.8. The maximum Gasteiger partial charge on any atom is 0.435 e. The standard InChI is InChI=1S/C26H18Cl2F4N4O4/c1-13-4-5-36(33-13)10-21(37)35-11-24(12-35)17-3-2-14(6-16(17)23(38)39-24)20-9-25(40-34-20,26(30,31)32)15-7-18(27)22(29)19(28)8-15/h2-8H,9-12H2,1H3. The Morgan fingerprint density at radius 2 is 1.82 bits per heavy atom. The molecule has 1 aromatic heterocycles. The number of fused-ring (bicyclic) bond motifs is 2. The van der Waals surface area contributed by atoms with Gasteiger partial charge in [0, 0.05) is 29.3 Å². The summed E-state index contributed by atoms with van der Waals surface area (Å²) in [6.45, 7) is 2.12. The largest absolute Gasteiger partial charge is 0.447 e. The fraction of sp³-hybridized carbons (Fsp3) is 0.308. The van der Waals surface area contributed by atoms with Gasteiger partial charge >= 0.3 is 12.1 Å². The highest BCUT2D eigenvalue weighted by Crippen LogP contribution is 2.50. The number of carbonyl (C=O) groups is 2. The molecule has 3 aliphatic heterocycles. The minimum Gasteiger partial charge on any atom is -0.447 e. The van der Waals surface area contributed by atoms with E-state index in [1.54, 1.807) is 23.2 Å². The van der Waals surface area contributed by atoms with Crippen LogP contribution in [0, 0.1) is 12.7 Å². The van der Waals surface area contributed by atoms with Crippen LogP contribution < -0.4 is 0 Å². The number of halogens is 6. The number of oxime groups is 1. The van der Waals surface area contributed by atoms with Crippen LogP contribution in [0.3, 0.4) is 0 Å². The molecule has 3 aliphatic rings. The summed E-state index contributed by atoms with van der Waals surface area (Å²) >= 11 is 11.5. The molecule has 14 heteroatoms. The monoisotopic (exact) mass is 596 g/mol. The average Bonchev–Trinajstić information content (AvgIpc) is 3.57. The molecule has 3 aromatic rings. The van der Waals surface area contributed by atoms with Crippen LogP contribution in [0.2, 0.25) is 10.0 Å². The molecule has 1 atom stereocenters. The first-order valence-electron chi connectivity index (χ1n) is 11.9. The zero-order valence-corrected chi connectivity index (χ0v) is 22.1. The van der Waals surface area contributed by atoms with Crippen LogP contribution in [0.1, 0.15) is 39.2 Å². The molecule has 1 saturated heterocycles. The molecule has 0 aliphatic carbocycles. The van der Waals surface area contributed by atoms with Crippen molar-refractivity contribution < 1.29 is 36.7 Å². The molecule has 2 aromatic carbocycles. The lowest BCUT2D eigenvalue weighted by molar-refractivity contribution is -0.275. The smallest absolute Gasteiger partial charge is 0.435 e. The molecule has 0 saturated carbocycles. The predicted octanol–water partition coefficient (Wildman–Crippen LogP) is 5.13. The Labute approximate surface area is 234 Å². The second-order valence-corrected chi connectivity index (χ2v) is 10.7. The lowest BCUT2D eigenvalue weighted by atomic mass is 9.83. The van der Waals surface area contributed by atoms with Crippen molar-refractivity contribution in [3.63, 3.8) is 0 Å². The number of hydrogen-bond donors (Lipinski definition) is 0. The number of ether oxygens (including phenoxy) is 1. The maximum atomic E-state index is 14.3. The van der Waals surface area contributed by atoms with E-state index in [0.29, 0.717) is 5.56 Å². The van der Waals surface area contributed by atoms with Gasteiger partial charge < -0.3 is 14.5 Å². The van der Waals surface area contributed by atoms with Crippen molar-refractivity contribution >= 4 is 40.8 Å². The summed E-state index contributed by atoms with van der Waals surface area (Å²) in [6.07, 6.45) is -4.06. The van der Waals surface area contributed by atoms with Gasteiger partial charge in [0.15, 0.2) is 11.4 Å². The van der Waals surface area contributed by atoms with Gasteiger partial charge in [-0.15, -0.1) is 0 Å². The Bertz CT molecular complexity index is 1590. The second-order valence-electron chi connectivity index (χ2n) is 9.93. The van der Waals surface area contributed by atoms with Crippen molar-refractivity contribution in [1.82, 2.24) is 14.7 Å². The van der Waals surface area contributed by atoms with E-state index in [1.165, 1.54) is 16.8 Å². The summed E-state index contributed by atoms with van der Waals surface area (Å²) in [4.78, 5) is 31.9. The van der Waals surface area contributed by atoms with Crippen LogP contribution in [0.4, 0.5) is 17.6 Å². The van der Waals surface area contributed by atoms with E-state index in [9.17, 15) is 27.2 Å². The Hall–Kier alpha value is -3.64. The molecule has 8 nitrogen and oxygen atoms in total. The molecule has 208 valence electrons. The van der Waals surface area contributed by atoms with Crippen LogP contribution in [0.25, 0.3) is 0 Å². The average molecular weight is 597 g/mol. The molecule has 6 rings (SSSR count). The van der Waals surface area contributed by atoms with Gasteiger partial charge in [-0.05, 0) is 31.2 Å². The van der Waals surface area contributed by atoms with Gasteiger partial charge in [-0.3, -0.25) is 9.48 Å². The van der Waals surface area contributed by atoms with Crippen molar-refractivity contribution in [2.45, 2.75) is 37.3 Å². The number of nitrogens with zero attached hydrogens (tertiary/aromatic N) is 4. The molecule has 0 radical (unpaired) electrons. The van der Waals surface area contributed by atoms with Crippen molar-refractivity contribution in [3.8, 4) is 0 Å². The molecule has 1 unspecified atom stereocenters. The highest BCUT2D eigenvalue weighted by atomic mass is 35.5. The summed E-state index contributed by atoms with van der Waals surface area (Å²) < 4.78 is 64.1. The molecular formula is C26H18Cl2F4N4O4. The SMILES string of the molecule is Cc1ccn(CC(=O)N2CC3(C2)OC(=O)c2cc(C4=NOC(c5cc(Cl)c(F)c(Cl)c5)(C(F)(F)F)C4)ccc23)n1. The number of esters is 1. The molecular weight excluding hydrogens is 579 g/mol. The first kappa shape index (κ1) is 26.6. The summed E-state index contributed by atoms with van der Waals surface area (Å²) in [5, 5.41) is 6.69. The van der Waals surface area contributed by atoms with Gasteiger partial charge in [0.05, 0.1) is 40.1 Å². The molecule has 1 amide bonds. The number of alkyl halides is 3. The van der Waals surface area contributed by atoms with Gasteiger partial charge in [-0.2, -0.15) is 18.3 Å². The van der Waals surface area contributed by atoms with E-state index in [-0.39, 0.29) is 42.4 Å². The Morgan fingerprint density at radius 1 is 1.12 bits per heavy atom. The third-order valence-electron chi connectivity index (χ3n) is 7.30. The number of hydrogen-bond acceptors (Lipinski definition) is 6. The molecule has 1 fully saturated rings. The number of aryl methyl sites for hydroxylation is 1. The quantitative estimate of drug-likeness (QED) is 0.237. The van der Waals surface area contributed by atoms with Crippen LogP contribution in [0.15, 0.2) is 47.8 Å². The minimum absolute atomic E-state index is 0.0366.